The number of benzene rings is 1. The Balaban J connectivity index is 1.24. The molecule has 4 fully saturated rings. The van der Waals surface area contributed by atoms with Crippen molar-refractivity contribution in [1.82, 2.24) is 26.2 Å². The second-order valence-electron chi connectivity index (χ2n) is 18.6. The van der Waals surface area contributed by atoms with Gasteiger partial charge in [0, 0.05) is 13.1 Å². The topological polar surface area (TPSA) is 171 Å². The summed E-state index contributed by atoms with van der Waals surface area (Å²) >= 11 is 0. The van der Waals surface area contributed by atoms with E-state index in [0.29, 0.717) is 32.2 Å². The molecular weight excluding hydrogens is 719 g/mol. The highest BCUT2D eigenvalue weighted by Gasteiger charge is 2.69. The third-order valence-corrected chi connectivity index (χ3v) is 16.0. The monoisotopic (exact) mass is 779 g/mol. The van der Waals surface area contributed by atoms with Gasteiger partial charge in [0.1, 0.15) is 12.1 Å². The Bertz CT molecular complexity index is 1770. The van der Waals surface area contributed by atoms with Crippen LogP contribution in [0.25, 0.3) is 0 Å². The van der Waals surface area contributed by atoms with Gasteiger partial charge in [-0.25, -0.2) is 13.2 Å². The van der Waals surface area contributed by atoms with Crippen molar-refractivity contribution in [3.05, 3.63) is 48.0 Å². The summed E-state index contributed by atoms with van der Waals surface area (Å²) in [5.74, 6) is -2.32. The first kappa shape index (κ1) is 40.9. The van der Waals surface area contributed by atoms with Crippen LogP contribution in [0.2, 0.25) is 0 Å². The Hall–Kier alpha value is -3.74. The van der Waals surface area contributed by atoms with Crippen LogP contribution in [0.3, 0.4) is 0 Å². The van der Waals surface area contributed by atoms with E-state index in [4.69, 9.17) is 0 Å². The number of likely N-dealkylation sites (tertiary alicyclic amines) is 1. The first-order valence-electron chi connectivity index (χ1n) is 20.3. The van der Waals surface area contributed by atoms with E-state index >= 15 is 0 Å². The number of ketones is 1. The van der Waals surface area contributed by atoms with Crippen molar-refractivity contribution in [2.24, 2.45) is 29.1 Å². The highest BCUT2D eigenvalue weighted by atomic mass is 32.2. The molecule has 12 nitrogen and oxygen atoms in total. The van der Waals surface area contributed by atoms with Gasteiger partial charge in [-0.05, 0) is 99.5 Å². The molecule has 1 saturated heterocycles. The van der Waals surface area contributed by atoms with E-state index in [9.17, 15) is 32.4 Å². The van der Waals surface area contributed by atoms with Crippen molar-refractivity contribution in [1.29, 1.82) is 0 Å². The fraction of sp³-hybridized carbons (Fsp3) is 0.690. The largest absolute Gasteiger partial charge is 0.346 e. The molecule has 0 spiro atoms. The quantitative estimate of drug-likeness (QED) is 0.154. The Kier molecular flexibility index (Phi) is 11.6. The van der Waals surface area contributed by atoms with Crippen molar-refractivity contribution in [3.8, 4) is 0 Å². The van der Waals surface area contributed by atoms with Crippen LogP contribution in [0.5, 0.6) is 0 Å². The number of sulfone groups is 1. The molecule has 1 aromatic carbocycles. The number of fused-ring (bicyclic) bond motifs is 2. The predicted octanol–water partition coefficient (Wildman–Crippen LogP) is 4.01. The molecule has 4 N–H and O–H groups in total. The molecule has 13 heteroatoms. The minimum atomic E-state index is -3.58. The average Bonchev–Trinajstić information content (AvgIpc) is 3.88. The van der Waals surface area contributed by atoms with Crippen LogP contribution >= 0.6 is 0 Å². The third-order valence-electron chi connectivity index (χ3n) is 13.2. The molecule has 0 radical (unpaired) electrons. The van der Waals surface area contributed by atoms with E-state index in [2.05, 4.69) is 53.8 Å². The summed E-state index contributed by atoms with van der Waals surface area (Å²) in [5, 5.41) is 11.5. The zero-order chi connectivity index (χ0) is 39.9. The van der Waals surface area contributed by atoms with Gasteiger partial charge in [0.15, 0.2) is 9.84 Å². The molecule has 6 rings (SSSR count). The molecule has 5 atom stereocenters. The standard InChI is InChI=1S/C42H61N5O7S/c1-7-19-43-37(50)35(48)31(22-26-15-16-26)44-36(49)34-33-30(41(33,5)6)24-47(34)38(51)32(23-27-20-28-13-9-10-14-29(28)21-27)45-39(52)46-42(17-11-8-12-18-42)25-55(53,54)40(2,3)4/h7,9-10,13-14,26-27,30-34H,1,8,11-12,15-25H2,2-6H3,(H,43,50)(H,44,49)(H2,45,46,52). The molecule has 0 aromatic heterocycles. The van der Waals surface area contributed by atoms with E-state index in [-0.39, 0.29) is 47.3 Å². The Morgan fingerprint density at radius 2 is 1.55 bits per heavy atom. The SMILES string of the molecule is C=CCNC(=O)C(=O)C(CC1CC1)NC(=O)C1C2C(CN1C(=O)C(CC1Cc3ccccc3C1)NC(=O)NC1(CS(=O)(=O)C(C)(C)C)CCCCC1)C2(C)C. The number of urea groups is 1. The number of nitrogens with zero attached hydrogens (tertiary/aromatic N) is 1. The first-order valence-corrected chi connectivity index (χ1v) is 21.9. The van der Waals surface area contributed by atoms with Gasteiger partial charge >= 0.3 is 6.03 Å². The zero-order valence-electron chi connectivity index (χ0n) is 33.2. The normalized spacial score (nSPS) is 25.1. The average molecular weight is 780 g/mol. The maximum absolute atomic E-state index is 14.9. The lowest BCUT2D eigenvalue weighted by atomic mass is 9.83. The van der Waals surface area contributed by atoms with Gasteiger partial charge in [-0.1, -0.05) is 76.3 Å². The van der Waals surface area contributed by atoms with Gasteiger partial charge in [0.25, 0.3) is 5.91 Å². The Labute approximate surface area is 326 Å². The molecule has 1 heterocycles. The predicted molar refractivity (Wildman–Crippen MR) is 211 cm³/mol. The molecule has 5 aliphatic rings. The van der Waals surface area contributed by atoms with Crippen LogP contribution in [-0.2, 0) is 41.9 Å². The van der Waals surface area contributed by atoms with Gasteiger partial charge in [-0.2, -0.15) is 0 Å². The number of nitrogens with one attached hydrogen (secondary N) is 4. The molecule has 0 bridgehead atoms. The van der Waals surface area contributed by atoms with E-state index < -0.39 is 61.9 Å². The number of Topliss-reactive ketones (excluding diaryl/α,β-unsaturated/α-hetero) is 1. The molecule has 55 heavy (non-hydrogen) atoms. The summed E-state index contributed by atoms with van der Waals surface area (Å²) in [6, 6.07) is 4.69. The van der Waals surface area contributed by atoms with Crippen LogP contribution in [0.1, 0.15) is 104 Å². The maximum atomic E-state index is 14.9. The van der Waals surface area contributed by atoms with E-state index in [1.54, 1.807) is 25.7 Å². The Morgan fingerprint density at radius 1 is 0.927 bits per heavy atom. The second-order valence-corrected chi connectivity index (χ2v) is 21.4. The van der Waals surface area contributed by atoms with Crippen LogP contribution in [0.15, 0.2) is 36.9 Å². The minimum Gasteiger partial charge on any atom is -0.346 e. The summed E-state index contributed by atoms with van der Waals surface area (Å²) in [6.45, 7) is 13.2. The summed E-state index contributed by atoms with van der Waals surface area (Å²) in [4.78, 5) is 70.9. The number of rotatable bonds is 15. The second kappa shape index (κ2) is 15.7. The Morgan fingerprint density at radius 3 is 2.13 bits per heavy atom. The number of hydrogen-bond acceptors (Lipinski definition) is 7. The van der Waals surface area contributed by atoms with E-state index in [0.717, 1.165) is 44.9 Å². The molecule has 5 amide bonds. The van der Waals surface area contributed by atoms with Crippen LogP contribution in [0, 0.1) is 29.1 Å². The number of carbonyl (C=O) groups excluding carboxylic acids is 5. The summed E-state index contributed by atoms with van der Waals surface area (Å²) < 4.78 is 26.0. The lowest BCUT2D eigenvalue weighted by Crippen LogP contribution is -2.62. The third kappa shape index (κ3) is 8.97. The molecule has 5 unspecified atom stereocenters. The van der Waals surface area contributed by atoms with Crippen molar-refractivity contribution < 1.29 is 32.4 Å². The van der Waals surface area contributed by atoms with Crippen molar-refractivity contribution in [2.45, 2.75) is 134 Å². The van der Waals surface area contributed by atoms with Crippen molar-refractivity contribution in [3.63, 3.8) is 0 Å². The number of hydrogen-bond donors (Lipinski definition) is 4. The minimum absolute atomic E-state index is 0.0546. The fourth-order valence-corrected chi connectivity index (χ4v) is 11.0. The van der Waals surface area contributed by atoms with E-state index in [1.807, 2.05) is 12.1 Å². The van der Waals surface area contributed by atoms with Gasteiger partial charge < -0.3 is 26.2 Å². The van der Waals surface area contributed by atoms with Gasteiger partial charge in [0.2, 0.25) is 17.6 Å². The van der Waals surface area contributed by atoms with E-state index in [1.165, 1.54) is 17.2 Å². The highest BCUT2D eigenvalue weighted by Crippen LogP contribution is 2.65. The molecule has 3 saturated carbocycles. The lowest BCUT2D eigenvalue weighted by Gasteiger charge is -2.40. The molecule has 4 aliphatic carbocycles. The lowest BCUT2D eigenvalue weighted by molar-refractivity contribution is -0.144. The highest BCUT2D eigenvalue weighted by molar-refractivity contribution is 7.92. The zero-order valence-corrected chi connectivity index (χ0v) is 34.1. The van der Waals surface area contributed by atoms with Crippen LogP contribution in [0.4, 0.5) is 4.79 Å². The van der Waals surface area contributed by atoms with Gasteiger partial charge in [0.05, 0.1) is 22.1 Å². The summed E-state index contributed by atoms with van der Waals surface area (Å²) in [7, 11) is -3.58. The van der Waals surface area contributed by atoms with Gasteiger partial charge in [-0.15, -0.1) is 6.58 Å². The summed E-state index contributed by atoms with van der Waals surface area (Å²) in [5.41, 5.74) is 1.24. The number of amides is 5. The van der Waals surface area contributed by atoms with Crippen LogP contribution < -0.4 is 21.3 Å². The molecule has 1 aromatic rings. The fourth-order valence-electron chi connectivity index (χ4n) is 9.52. The molecule has 1 aliphatic heterocycles. The van der Waals surface area contributed by atoms with Crippen molar-refractivity contribution in [2.75, 3.05) is 18.8 Å². The van der Waals surface area contributed by atoms with Crippen LogP contribution in [-0.4, -0.2) is 90.1 Å². The van der Waals surface area contributed by atoms with Gasteiger partial charge in [-0.3, -0.25) is 19.2 Å². The molecule has 302 valence electrons. The summed E-state index contributed by atoms with van der Waals surface area (Å²) in [6.07, 6.45) is 9.06. The smallest absolute Gasteiger partial charge is 0.315 e. The number of carbonyl (C=O) groups is 5. The van der Waals surface area contributed by atoms with Crippen molar-refractivity contribution >= 4 is 39.4 Å². The number of piperidine rings is 1. The maximum Gasteiger partial charge on any atom is 0.315 e. The molecular formula is C42H61N5O7S. The first-order chi connectivity index (χ1) is 25.9.